The Balaban J connectivity index is 2.34. The van der Waals surface area contributed by atoms with Crippen LogP contribution in [-0.4, -0.2) is 79.8 Å². The van der Waals surface area contributed by atoms with E-state index < -0.39 is 0 Å². The van der Waals surface area contributed by atoms with E-state index in [0.717, 1.165) is 6.54 Å². The quantitative estimate of drug-likeness (QED) is 0.737. The number of likely N-dealkylation sites (N-methyl/N-ethyl adjacent to an activating group) is 1. The number of anilines is 1. The minimum Gasteiger partial charge on any atom is -0.467 e. The molecule has 21 heavy (non-hydrogen) atoms. The minimum atomic E-state index is -0.370. The Bertz CT molecular complexity index is 488. The lowest BCUT2D eigenvalue weighted by Gasteiger charge is -2.36. The lowest BCUT2D eigenvalue weighted by atomic mass is 10.2. The van der Waals surface area contributed by atoms with Gasteiger partial charge in [-0.1, -0.05) is 0 Å². The van der Waals surface area contributed by atoms with Gasteiger partial charge in [-0.15, -0.1) is 4.98 Å². The molecule has 9 heteroatoms. The van der Waals surface area contributed by atoms with Gasteiger partial charge in [0.1, 0.15) is 6.04 Å². The summed E-state index contributed by atoms with van der Waals surface area (Å²) in [7, 11) is 6.39. The first-order valence-corrected chi connectivity index (χ1v) is 6.59. The Morgan fingerprint density at radius 1 is 1.24 bits per heavy atom. The third-order valence-corrected chi connectivity index (χ3v) is 3.17. The van der Waals surface area contributed by atoms with E-state index in [4.69, 9.17) is 9.47 Å². The number of carbonyl (C=O) groups is 1. The number of nitrogens with one attached hydrogen (secondary N) is 1. The van der Waals surface area contributed by atoms with Gasteiger partial charge in [0.05, 0.1) is 14.2 Å². The van der Waals surface area contributed by atoms with E-state index in [0.29, 0.717) is 19.0 Å². The Morgan fingerprint density at radius 3 is 2.38 bits per heavy atom. The van der Waals surface area contributed by atoms with Gasteiger partial charge < -0.3 is 24.6 Å². The van der Waals surface area contributed by atoms with Gasteiger partial charge in [0.25, 0.3) is 0 Å². The number of hydrogen-bond donors (Lipinski definition) is 1. The van der Waals surface area contributed by atoms with Crippen molar-refractivity contribution in [3.05, 3.63) is 0 Å². The molecule has 0 spiro atoms. The number of aromatic nitrogens is 3. The lowest BCUT2D eigenvalue weighted by molar-refractivity contribution is -0.130. The SMILES string of the molecule is COc1nc(OC)nc(N2CCNCC2C(=O)N(C)C)n1. The van der Waals surface area contributed by atoms with Crippen molar-refractivity contribution in [3.63, 3.8) is 0 Å². The van der Waals surface area contributed by atoms with Crippen molar-refractivity contribution in [1.29, 1.82) is 0 Å². The second-order valence-corrected chi connectivity index (χ2v) is 4.75. The summed E-state index contributed by atoms with van der Waals surface area (Å²) in [6.45, 7) is 1.89. The predicted octanol–water partition coefficient (Wildman–Crippen LogP) is -1.24. The van der Waals surface area contributed by atoms with Crippen LogP contribution in [0.1, 0.15) is 0 Å². The molecule has 1 amide bonds. The van der Waals surface area contributed by atoms with E-state index in [2.05, 4.69) is 20.3 Å². The summed E-state index contributed by atoms with van der Waals surface area (Å²) in [5, 5.41) is 3.20. The van der Waals surface area contributed by atoms with Crippen LogP contribution in [-0.2, 0) is 4.79 Å². The first-order valence-electron chi connectivity index (χ1n) is 6.59. The number of nitrogens with zero attached hydrogens (tertiary/aromatic N) is 5. The fraction of sp³-hybridized carbons (Fsp3) is 0.667. The van der Waals surface area contributed by atoms with Crippen molar-refractivity contribution in [2.45, 2.75) is 6.04 Å². The normalized spacial score (nSPS) is 18.3. The zero-order valence-electron chi connectivity index (χ0n) is 12.7. The molecule has 1 N–H and O–H groups in total. The molecule has 1 unspecified atom stereocenters. The van der Waals surface area contributed by atoms with E-state index in [1.54, 1.807) is 19.0 Å². The molecule has 0 saturated carbocycles. The molecule has 0 aliphatic carbocycles. The molecule has 0 bridgehead atoms. The van der Waals surface area contributed by atoms with Gasteiger partial charge in [0, 0.05) is 33.7 Å². The van der Waals surface area contributed by atoms with Crippen molar-refractivity contribution in [2.75, 3.05) is 52.8 Å². The third kappa shape index (κ3) is 3.30. The van der Waals surface area contributed by atoms with Gasteiger partial charge in [-0.3, -0.25) is 4.79 Å². The maximum absolute atomic E-state index is 12.3. The van der Waals surface area contributed by atoms with E-state index in [9.17, 15) is 4.79 Å². The predicted molar refractivity (Wildman–Crippen MR) is 75.6 cm³/mol. The molecule has 1 aliphatic rings. The second kappa shape index (κ2) is 6.53. The fourth-order valence-corrected chi connectivity index (χ4v) is 2.10. The van der Waals surface area contributed by atoms with Gasteiger partial charge in [0.15, 0.2) is 0 Å². The highest BCUT2D eigenvalue weighted by Gasteiger charge is 2.32. The Kier molecular flexibility index (Phi) is 4.73. The molecular weight excluding hydrogens is 276 g/mol. The maximum atomic E-state index is 12.3. The van der Waals surface area contributed by atoms with Gasteiger partial charge in [-0.2, -0.15) is 9.97 Å². The van der Waals surface area contributed by atoms with Crippen LogP contribution in [0.25, 0.3) is 0 Å². The van der Waals surface area contributed by atoms with Crippen LogP contribution in [0.5, 0.6) is 12.0 Å². The zero-order chi connectivity index (χ0) is 15.4. The van der Waals surface area contributed by atoms with E-state index in [-0.39, 0.29) is 24.0 Å². The van der Waals surface area contributed by atoms with Gasteiger partial charge in [-0.05, 0) is 0 Å². The Labute approximate surface area is 123 Å². The van der Waals surface area contributed by atoms with Crippen LogP contribution >= 0.6 is 0 Å². The summed E-state index contributed by atoms with van der Waals surface area (Å²) in [4.78, 5) is 28.1. The number of ether oxygens (including phenoxy) is 2. The topological polar surface area (TPSA) is 92.7 Å². The van der Waals surface area contributed by atoms with Crippen LogP contribution < -0.4 is 19.7 Å². The van der Waals surface area contributed by atoms with Crippen molar-refractivity contribution in [3.8, 4) is 12.0 Å². The average molecular weight is 296 g/mol. The van der Waals surface area contributed by atoms with E-state index in [1.165, 1.54) is 14.2 Å². The largest absolute Gasteiger partial charge is 0.467 e. The van der Waals surface area contributed by atoms with E-state index >= 15 is 0 Å². The first kappa shape index (κ1) is 15.2. The number of piperazine rings is 1. The molecule has 1 atom stereocenters. The van der Waals surface area contributed by atoms with Gasteiger partial charge >= 0.3 is 12.0 Å². The molecule has 2 heterocycles. The molecular formula is C12H20N6O3. The Morgan fingerprint density at radius 2 is 1.86 bits per heavy atom. The fourth-order valence-electron chi connectivity index (χ4n) is 2.10. The number of rotatable bonds is 4. The van der Waals surface area contributed by atoms with Crippen molar-refractivity contribution >= 4 is 11.9 Å². The number of methoxy groups -OCH3 is 2. The molecule has 2 rings (SSSR count). The number of hydrogen-bond acceptors (Lipinski definition) is 8. The van der Waals surface area contributed by atoms with Crippen molar-refractivity contribution in [1.82, 2.24) is 25.2 Å². The smallest absolute Gasteiger partial charge is 0.324 e. The highest BCUT2D eigenvalue weighted by Crippen LogP contribution is 2.19. The highest BCUT2D eigenvalue weighted by molar-refractivity contribution is 5.85. The lowest BCUT2D eigenvalue weighted by Crippen LogP contribution is -2.58. The average Bonchev–Trinajstić information content (AvgIpc) is 2.53. The summed E-state index contributed by atoms with van der Waals surface area (Å²) in [6, 6.07) is -0.0524. The number of amides is 1. The summed E-state index contributed by atoms with van der Waals surface area (Å²) >= 11 is 0. The molecule has 1 aliphatic heterocycles. The molecule has 0 aromatic carbocycles. The third-order valence-electron chi connectivity index (χ3n) is 3.17. The van der Waals surface area contributed by atoms with Crippen LogP contribution in [0.4, 0.5) is 5.95 Å². The summed E-state index contributed by atoms with van der Waals surface area (Å²) < 4.78 is 10.1. The van der Waals surface area contributed by atoms with Gasteiger partial charge in [-0.25, -0.2) is 0 Å². The highest BCUT2D eigenvalue weighted by atomic mass is 16.5. The van der Waals surface area contributed by atoms with Crippen LogP contribution in [0.2, 0.25) is 0 Å². The molecule has 0 radical (unpaired) electrons. The maximum Gasteiger partial charge on any atom is 0.324 e. The first-order chi connectivity index (χ1) is 10.1. The molecule has 116 valence electrons. The second-order valence-electron chi connectivity index (χ2n) is 4.75. The standard InChI is InChI=1S/C12H20N6O3/c1-17(2)9(19)8-7-13-5-6-18(8)10-14-11(20-3)16-12(15-10)21-4/h8,13H,5-7H2,1-4H3. The zero-order valence-corrected chi connectivity index (χ0v) is 12.7. The summed E-state index contributed by atoms with van der Waals surface area (Å²) in [6.07, 6.45) is 0. The molecule has 1 aromatic rings. The Hall–Kier alpha value is -2.16. The molecule has 9 nitrogen and oxygen atoms in total. The molecule has 1 aromatic heterocycles. The summed E-state index contributed by atoms with van der Waals surface area (Å²) in [5.41, 5.74) is 0. The minimum absolute atomic E-state index is 0.0134. The van der Waals surface area contributed by atoms with Crippen molar-refractivity contribution < 1.29 is 14.3 Å². The monoisotopic (exact) mass is 296 g/mol. The molecule has 1 saturated heterocycles. The van der Waals surface area contributed by atoms with Gasteiger partial charge in [0.2, 0.25) is 11.9 Å². The van der Waals surface area contributed by atoms with Crippen molar-refractivity contribution in [2.24, 2.45) is 0 Å². The van der Waals surface area contributed by atoms with E-state index in [1.807, 2.05) is 4.90 Å². The summed E-state index contributed by atoms with van der Waals surface area (Å²) in [5.74, 6) is 0.362. The van der Waals surface area contributed by atoms with Crippen LogP contribution in [0.3, 0.4) is 0 Å². The number of carbonyl (C=O) groups excluding carboxylic acids is 1. The van der Waals surface area contributed by atoms with Crippen LogP contribution in [0.15, 0.2) is 0 Å². The van der Waals surface area contributed by atoms with Crippen LogP contribution in [0, 0.1) is 0 Å². The molecule has 1 fully saturated rings.